The molecule has 1 fully saturated rings. The van der Waals surface area contributed by atoms with Crippen LogP contribution in [0.4, 0.5) is 0 Å². The number of ether oxygens (including phenoxy) is 1. The van der Waals surface area contributed by atoms with Gasteiger partial charge in [-0.3, -0.25) is 9.59 Å². The standard InChI is InChI=1S/C14H19N3O3/c1-3-17-9-11(7-12(17)18)13(19)16-8-10-5-4-6-15-14(10)20-2/h4-6,11H,3,7-9H2,1-2H3,(H,16,19). The van der Waals surface area contributed by atoms with Crippen molar-refractivity contribution in [3.05, 3.63) is 23.9 Å². The van der Waals surface area contributed by atoms with Crippen molar-refractivity contribution in [3.63, 3.8) is 0 Å². The zero-order valence-corrected chi connectivity index (χ0v) is 11.8. The summed E-state index contributed by atoms with van der Waals surface area (Å²) in [5.41, 5.74) is 0.819. The number of aromatic nitrogens is 1. The van der Waals surface area contributed by atoms with Crippen molar-refractivity contribution in [1.82, 2.24) is 15.2 Å². The summed E-state index contributed by atoms with van der Waals surface area (Å²) in [4.78, 5) is 29.5. The topological polar surface area (TPSA) is 71.5 Å². The summed E-state index contributed by atoms with van der Waals surface area (Å²) in [6.07, 6.45) is 1.93. The number of methoxy groups -OCH3 is 1. The molecule has 1 N–H and O–H groups in total. The molecular formula is C14H19N3O3. The van der Waals surface area contributed by atoms with E-state index in [4.69, 9.17) is 4.74 Å². The number of nitrogens with zero attached hydrogens (tertiary/aromatic N) is 2. The van der Waals surface area contributed by atoms with E-state index in [0.29, 0.717) is 31.9 Å². The molecule has 0 aliphatic carbocycles. The number of likely N-dealkylation sites (tertiary alicyclic amines) is 1. The lowest BCUT2D eigenvalue weighted by Gasteiger charge is -2.14. The fourth-order valence-electron chi connectivity index (χ4n) is 2.32. The van der Waals surface area contributed by atoms with Gasteiger partial charge in [-0.25, -0.2) is 4.98 Å². The minimum absolute atomic E-state index is 0.0478. The van der Waals surface area contributed by atoms with Crippen molar-refractivity contribution in [2.75, 3.05) is 20.2 Å². The van der Waals surface area contributed by atoms with Crippen molar-refractivity contribution < 1.29 is 14.3 Å². The van der Waals surface area contributed by atoms with Crippen LogP contribution in [0.15, 0.2) is 18.3 Å². The van der Waals surface area contributed by atoms with Crippen molar-refractivity contribution in [1.29, 1.82) is 0 Å². The van der Waals surface area contributed by atoms with Crippen molar-refractivity contribution in [2.45, 2.75) is 19.9 Å². The first kappa shape index (κ1) is 14.3. The highest BCUT2D eigenvalue weighted by Gasteiger charge is 2.33. The molecule has 6 heteroatoms. The molecule has 0 saturated carbocycles. The minimum atomic E-state index is -0.259. The van der Waals surface area contributed by atoms with Crippen LogP contribution in [-0.4, -0.2) is 41.9 Å². The Kier molecular flexibility index (Phi) is 4.55. The molecule has 1 aromatic rings. The van der Waals surface area contributed by atoms with Gasteiger partial charge in [0.25, 0.3) is 0 Å². The number of hydrogen-bond acceptors (Lipinski definition) is 4. The maximum atomic E-state index is 12.1. The zero-order valence-electron chi connectivity index (χ0n) is 11.8. The monoisotopic (exact) mass is 277 g/mol. The third-order valence-corrected chi connectivity index (χ3v) is 3.46. The lowest BCUT2D eigenvalue weighted by Crippen LogP contribution is -2.32. The molecule has 108 valence electrons. The Morgan fingerprint density at radius 1 is 1.60 bits per heavy atom. The first-order valence-corrected chi connectivity index (χ1v) is 6.69. The molecule has 1 unspecified atom stereocenters. The summed E-state index contributed by atoms with van der Waals surface area (Å²) in [5, 5.41) is 2.84. The van der Waals surface area contributed by atoms with Crippen LogP contribution in [0.1, 0.15) is 18.9 Å². The van der Waals surface area contributed by atoms with Gasteiger partial charge in [0.15, 0.2) is 0 Å². The molecule has 0 aromatic carbocycles. The summed E-state index contributed by atoms with van der Waals surface area (Å²) in [6, 6.07) is 3.65. The molecule has 0 spiro atoms. The van der Waals surface area contributed by atoms with Crippen LogP contribution in [0.3, 0.4) is 0 Å². The molecule has 1 saturated heterocycles. The lowest BCUT2D eigenvalue weighted by molar-refractivity contribution is -0.128. The molecule has 2 heterocycles. The second-order valence-corrected chi connectivity index (χ2v) is 4.72. The third-order valence-electron chi connectivity index (χ3n) is 3.46. The molecule has 6 nitrogen and oxygen atoms in total. The van der Waals surface area contributed by atoms with Crippen LogP contribution in [0.5, 0.6) is 5.88 Å². The second-order valence-electron chi connectivity index (χ2n) is 4.72. The van der Waals surface area contributed by atoms with E-state index in [1.54, 1.807) is 24.3 Å². The van der Waals surface area contributed by atoms with Crippen molar-refractivity contribution >= 4 is 11.8 Å². The Balaban J connectivity index is 1.91. The zero-order chi connectivity index (χ0) is 14.5. The van der Waals surface area contributed by atoms with Crippen LogP contribution in [0, 0.1) is 5.92 Å². The molecule has 1 aliphatic heterocycles. The Labute approximate surface area is 118 Å². The van der Waals surface area contributed by atoms with E-state index in [9.17, 15) is 9.59 Å². The van der Waals surface area contributed by atoms with Crippen LogP contribution in [0.2, 0.25) is 0 Å². The normalized spacial score (nSPS) is 18.2. The molecule has 0 bridgehead atoms. The largest absolute Gasteiger partial charge is 0.481 e. The summed E-state index contributed by atoms with van der Waals surface area (Å²) in [6.45, 7) is 3.43. The fraction of sp³-hybridized carbons (Fsp3) is 0.500. The highest BCUT2D eigenvalue weighted by molar-refractivity contribution is 5.89. The average Bonchev–Trinajstić information content (AvgIpc) is 2.86. The molecule has 0 radical (unpaired) electrons. The van der Waals surface area contributed by atoms with E-state index in [0.717, 1.165) is 5.56 Å². The van der Waals surface area contributed by atoms with Gasteiger partial charge >= 0.3 is 0 Å². The average molecular weight is 277 g/mol. The highest BCUT2D eigenvalue weighted by Crippen LogP contribution is 2.18. The third kappa shape index (κ3) is 3.07. The van der Waals surface area contributed by atoms with Crippen LogP contribution in [0.25, 0.3) is 0 Å². The van der Waals surface area contributed by atoms with Gasteiger partial charge in [0, 0.05) is 37.8 Å². The number of pyridine rings is 1. The van der Waals surface area contributed by atoms with Crippen LogP contribution in [-0.2, 0) is 16.1 Å². The van der Waals surface area contributed by atoms with Gasteiger partial charge in [-0.2, -0.15) is 0 Å². The first-order chi connectivity index (χ1) is 9.65. The Morgan fingerprint density at radius 2 is 2.40 bits per heavy atom. The highest BCUT2D eigenvalue weighted by atomic mass is 16.5. The predicted octanol–water partition coefficient (Wildman–Crippen LogP) is 0.575. The van der Waals surface area contributed by atoms with Crippen LogP contribution < -0.4 is 10.1 Å². The van der Waals surface area contributed by atoms with Gasteiger partial charge in [-0.1, -0.05) is 6.07 Å². The second kappa shape index (κ2) is 6.36. The van der Waals surface area contributed by atoms with Gasteiger partial charge in [0.2, 0.25) is 17.7 Å². The minimum Gasteiger partial charge on any atom is -0.481 e. The van der Waals surface area contributed by atoms with E-state index in [1.165, 1.54) is 0 Å². The number of amides is 2. The van der Waals surface area contributed by atoms with E-state index in [2.05, 4.69) is 10.3 Å². The summed E-state index contributed by atoms with van der Waals surface area (Å²) in [7, 11) is 1.54. The van der Waals surface area contributed by atoms with Gasteiger partial charge in [0.05, 0.1) is 13.0 Å². The van der Waals surface area contributed by atoms with Gasteiger partial charge < -0.3 is 15.0 Å². The maximum Gasteiger partial charge on any atom is 0.225 e. The van der Waals surface area contributed by atoms with Gasteiger partial charge in [-0.15, -0.1) is 0 Å². The van der Waals surface area contributed by atoms with Crippen molar-refractivity contribution in [3.8, 4) is 5.88 Å². The van der Waals surface area contributed by atoms with Gasteiger partial charge in [0.1, 0.15) is 0 Å². The quantitative estimate of drug-likeness (QED) is 0.854. The van der Waals surface area contributed by atoms with E-state index in [1.807, 2.05) is 13.0 Å². The SMILES string of the molecule is CCN1CC(C(=O)NCc2cccnc2OC)CC1=O. The number of carbonyl (C=O) groups is 2. The number of rotatable bonds is 5. The molecule has 2 amide bonds. The molecule has 20 heavy (non-hydrogen) atoms. The smallest absolute Gasteiger partial charge is 0.225 e. The molecule has 1 aromatic heterocycles. The molecule has 1 aliphatic rings. The molecule has 1 atom stereocenters. The molecular weight excluding hydrogens is 258 g/mol. The number of nitrogens with one attached hydrogen (secondary N) is 1. The number of hydrogen-bond donors (Lipinski definition) is 1. The Morgan fingerprint density at radius 3 is 3.05 bits per heavy atom. The summed E-state index contributed by atoms with van der Waals surface area (Å²) < 4.78 is 5.13. The Hall–Kier alpha value is -2.11. The van der Waals surface area contributed by atoms with Crippen molar-refractivity contribution in [2.24, 2.45) is 5.92 Å². The molecule has 2 rings (SSSR count). The maximum absolute atomic E-state index is 12.1. The summed E-state index contributed by atoms with van der Waals surface area (Å²) in [5.74, 6) is 0.197. The summed E-state index contributed by atoms with van der Waals surface area (Å²) >= 11 is 0. The number of carbonyl (C=O) groups excluding carboxylic acids is 2. The fourth-order valence-corrected chi connectivity index (χ4v) is 2.32. The van der Waals surface area contributed by atoms with E-state index < -0.39 is 0 Å². The Bertz CT molecular complexity index is 504. The van der Waals surface area contributed by atoms with E-state index >= 15 is 0 Å². The predicted molar refractivity (Wildman–Crippen MR) is 73.0 cm³/mol. The first-order valence-electron chi connectivity index (χ1n) is 6.69. The lowest BCUT2D eigenvalue weighted by atomic mass is 10.1. The van der Waals surface area contributed by atoms with Crippen LogP contribution >= 0.6 is 0 Å². The van der Waals surface area contributed by atoms with E-state index in [-0.39, 0.29) is 17.7 Å². The van der Waals surface area contributed by atoms with Gasteiger partial charge in [-0.05, 0) is 13.0 Å².